The highest BCUT2D eigenvalue weighted by Crippen LogP contribution is 2.30. The first-order valence-corrected chi connectivity index (χ1v) is 9.52. The summed E-state index contributed by atoms with van der Waals surface area (Å²) in [5.74, 6) is 2.27. The fourth-order valence-corrected chi connectivity index (χ4v) is 3.68. The smallest absolute Gasteiger partial charge is 0.254 e. The molecular formula is C21H18ClN5. The summed E-state index contributed by atoms with van der Waals surface area (Å²) in [5.41, 5.74) is 4.31. The van der Waals surface area contributed by atoms with E-state index in [1.54, 1.807) is 0 Å². The van der Waals surface area contributed by atoms with Crippen molar-refractivity contribution in [3.8, 4) is 11.4 Å². The summed E-state index contributed by atoms with van der Waals surface area (Å²) in [6.07, 6.45) is 4.30. The van der Waals surface area contributed by atoms with E-state index in [0.29, 0.717) is 11.6 Å². The summed E-state index contributed by atoms with van der Waals surface area (Å²) in [6, 6.07) is 17.7. The second-order valence-electron chi connectivity index (χ2n) is 6.74. The summed E-state index contributed by atoms with van der Waals surface area (Å²) in [5, 5.41) is 9.01. The molecule has 0 fully saturated rings. The molecule has 134 valence electrons. The molecule has 0 radical (unpaired) electrons. The number of anilines is 2. The van der Waals surface area contributed by atoms with Crippen molar-refractivity contribution >= 4 is 28.9 Å². The number of hydrogen-bond acceptors (Lipinski definition) is 4. The van der Waals surface area contributed by atoms with Crippen molar-refractivity contribution in [2.45, 2.75) is 25.7 Å². The Kier molecular flexibility index (Phi) is 4.02. The monoisotopic (exact) mass is 375 g/mol. The summed E-state index contributed by atoms with van der Waals surface area (Å²) in [4.78, 5) is 9.49. The van der Waals surface area contributed by atoms with Crippen molar-refractivity contribution in [2.24, 2.45) is 0 Å². The first-order valence-electron chi connectivity index (χ1n) is 9.14. The molecule has 6 heteroatoms. The summed E-state index contributed by atoms with van der Waals surface area (Å²) >= 11 is 6.03. The van der Waals surface area contributed by atoms with Crippen LogP contribution in [0, 0.1) is 0 Å². The molecular weight excluding hydrogens is 358 g/mol. The molecule has 2 heterocycles. The third-order valence-electron chi connectivity index (χ3n) is 4.90. The molecule has 0 unspecified atom stereocenters. The van der Waals surface area contributed by atoms with Gasteiger partial charge < -0.3 is 5.32 Å². The molecule has 0 amide bonds. The third kappa shape index (κ3) is 3.04. The fraction of sp³-hybridized carbons (Fsp3) is 0.190. The highest BCUT2D eigenvalue weighted by atomic mass is 35.5. The normalized spacial score (nSPS) is 13.5. The van der Waals surface area contributed by atoms with Gasteiger partial charge in [-0.25, -0.2) is 4.98 Å². The standard InChI is InChI=1S/C21H18ClN5/c22-15-10-12-16(13-11-15)23-20-17-8-4-5-9-18(17)24-21-25-19(26-27(20)21)14-6-2-1-3-7-14/h1-3,6-7,10-13,23H,4-5,8-9H2. The van der Waals surface area contributed by atoms with Crippen LogP contribution in [0.3, 0.4) is 0 Å². The number of fused-ring (bicyclic) bond motifs is 2. The van der Waals surface area contributed by atoms with Crippen molar-refractivity contribution in [1.82, 2.24) is 19.6 Å². The maximum atomic E-state index is 6.03. The minimum absolute atomic E-state index is 0.631. The third-order valence-corrected chi connectivity index (χ3v) is 5.15. The second kappa shape index (κ2) is 6.67. The Labute approximate surface area is 162 Å². The van der Waals surface area contributed by atoms with E-state index < -0.39 is 0 Å². The van der Waals surface area contributed by atoms with Gasteiger partial charge >= 0.3 is 0 Å². The second-order valence-corrected chi connectivity index (χ2v) is 7.17. The van der Waals surface area contributed by atoms with Crippen LogP contribution < -0.4 is 5.32 Å². The van der Waals surface area contributed by atoms with Gasteiger partial charge in [-0.05, 0) is 49.9 Å². The zero-order chi connectivity index (χ0) is 18.2. The lowest BCUT2D eigenvalue weighted by Crippen LogP contribution is -2.13. The van der Waals surface area contributed by atoms with Crippen LogP contribution in [0.1, 0.15) is 24.1 Å². The first-order chi connectivity index (χ1) is 13.3. The molecule has 0 spiro atoms. The average molecular weight is 376 g/mol. The molecule has 0 saturated carbocycles. The Balaban J connectivity index is 1.68. The summed E-state index contributed by atoms with van der Waals surface area (Å²) in [6.45, 7) is 0. The molecule has 27 heavy (non-hydrogen) atoms. The van der Waals surface area contributed by atoms with Crippen LogP contribution in [0.2, 0.25) is 5.02 Å². The van der Waals surface area contributed by atoms with Gasteiger partial charge in [0.15, 0.2) is 5.82 Å². The van der Waals surface area contributed by atoms with Crippen LogP contribution >= 0.6 is 11.6 Å². The molecule has 1 N–H and O–H groups in total. The van der Waals surface area contributed by atoms with E-state index in [-0.39, 0.29) is 0 Å². The van der Waals surface area contributed by atoms with Crippen LogP contribution in [0.4, 0.5) is 11.5 Å². The Bertz CT molecular complexity index is 1100. The maximum Gasteiger partial charge on any atom is 0.254 e. The van der Waals surface area contributed by atoms with Crippen LogP contribution in [0.5, 0.6) is 0 Å². The molecule has 5 nitrogen and oxygen atoms in total. The predicted octanol–water partition coefficient (Wildman–Crippen LogP) is 5.07. The number of hydrogen-bond donors (Lipinski definition) is 1. The van der Waals surface area contributed by atoms with Gasteiger partial charge in [-0.2, -0.15) is 9.50 Å². The number of nitrogens with zero attached hydrogens (tertiary/aromatic N) is 4. The largest absolute Gasteiger partial charge is 0.340 e. The van der Waals surface area contributed by atoms with E-state index in [2.05, 4.69) is 10.3 Å². The van der Waals surface area contributed by atoms with Crippen LogP contribution in [0.25, 0.3) is 17.2 Å². The van der Waals surface area contributed by atoms with Crippen LogP contribution in [-0.4, -0.2) is 19.6 Å². The lowest BCUT2D eigenvalue weighted by atomic mass is 9.96. The number of aryl methyl sites for hydroxylation is 1. The highest BCUT2D eigenvalue weighted by Gasteiger charge is 2.21. The van der Waals surface area contributed by atoms with Gasteiger partial charge in [0.05, 0.1) is 5.69 Å². The van der Waals surface area contributed by atoms with Crippen molar-refractivity contribution in [3.05, 3.63) is 70.9 Å². The van der Waals surface area contributed by atoms with Gasteiger partial charge in [-0.15, -0.1) is 5.10 Å². The zero-order valence-electron chi connectivity index (χ0n) is 14.7. The van der Waals surface area contributed by atoms with Gasteiger partial charge in [0.25, 0.3) is 5.78 Å². The molecule has 1 aliphatic carbocycles. The van der Waals surface area contributed by atoms with E-state index in [4.69, 9.17) is 21.7 Å². The SMILES string of the molecule is Clc1ccc(Nc2c3c(nc4nc(-c5ccccc5)nn24)CCCC3)cc1. The zero-order valence-corrected chi connectivity index (χ0v) is 15.4. The number of aromatic nitrogens is 4. The van der Waals surface area contributed by atoms with E-state index in [0.717, 1.165) is 53.5 Å². The molecule has 0 saturated heterocycles. The first kappa shape index (κ1) is 16.3. The van der Waals surface area contributed by atoms with Crippen LogP contribution in [-0.2, 0) is 12.8 Å². The quantitative estimate of drug-likeness (QED) is 0.543. The summed E-state index contributed by atoms with van der Waals surface area (Å²) < 4.78 is 1.83. The Morgan fingerprint density at radius 1 is 0.889 bits per heavy atom. The number of nitrogens with one attached hydrogen (secondary N) is 1. The van der Waals surface area contributed by atoms with Gasteiger partial charge in [0.1, 0.15) is 5.82 Å². The number of benzene rings is 2. The highest BCUT2D eigenvalue weighted by molar-refractivity contribution is 6.30. The molecule has 0 atom stereocenters. The maximum absolute atomic E-state index is 6.03. The van der Waals surface area contributed by atoms with Gasteiger partial charge in [0, 0.05) is 21.8 Å². The van der Waals surface area contributed by atoms with Gasteiger partial charge in [0.2, 0.25) is 0 Å². The molecule has 2 aromatic carbocycles. The Morgan fingerprint density at radius 3 is 2.48 bits per heavy atom. The number of rotatable bonds is 3. The number of halogens is 1. The molecule has 0 aliphatic heterocycles. The fourth-order valence-electron chi connectivity index (χ4n) is 3.55. The Hall–Kier alpha value is -2.92. The van der Waals surface area contributed by atoms with E-state index >= 15 is 0 Å². The molecule has 4 aromatic rings. The van der Waals surface area contributed by atoms with E-state index in [9.17, 15) is 0 Å². The molecule has 0 bridgehead atoms. The minimum atomic E-state index is 0.631. The summed E-state index contributed by atoms with van der Waals surface area (Å²) in [7, 11) is 0. The Morgan fingerprint density at radius 2 is 1.67 bits per heavy atom. The molecule has 1 aliphatic rings. The average Bonchev–Trinajstić information content (AvgIpc) is 3.14. The topological polar surface area (TPSA) is 55.1 Å². The van der Waals surface area contributed by atoms with Crippen LogP contribution in [0.15, 0.2) is 54.6 Å². The molecule has 5 rings (SSSR count). The van der Waals surface area contributed by atoms with Crippen molar-refractivity contribution in [1.29, 1.82) is 0 Å². The molecule has 2 aromatic heterocycles. The van der Waals surface area contributed by atoms with Crippen molar-refractivity contribution in [3.63, 3.8) is 0 Å². The minimum Gasteiger partial charge on any atom is -0.340 e. The van der Waals surface area contributed by atoms with Gasteiger partial charge in [-0.1, -0.05) is 41.9 Å². The van der Waals surface area contributed by atoms with Gasteiger partial charge in [-0.3, -0.25) is 0 Å². The van der Waals surface area contributed by atoms with Crippen molar-refractivity contribution in [2.75, 3.05) is 5.32 Å². The lowest BCUT2D eigenvalue weighted by Gasteiger charge is -2.19. The van der Waals surface area contributed by atoms with Crippen molar-refractivity contribution < 1.29 is 0 Å². The lowest BCUT2D eigenvalue weighted by molar-refractivity contribution is 0.662. The predicted molar refractivity (Wildman–Crippen MR) is 108 cm³/mol. The van der Waals surface area contributed by atoms with E-state index in [1.165, 1.54) is 5.56 Å². The van der Waals surface area contributed by atoms with E-state index in [1.807, 2.05) is 59.1 Å².